The van der Waals surface area contributed by atoms with Crippen molar-refractivity contribution < 1.29 is 14.3 Å². The first kappa shape index (κ1) is 17.6. The Morgan fingerprint density at radius 3 is 1.89 bits per heavy atom. The lowest BCUT2D eigenvalue weighted by Gasteiger charge is -2.24. The highest BCUT2D eigenvalue weighted by Gasteiger charge is 2.50. The Kier molecular flexibility index (Phi) is 4.82. The quantitative estimate of drug-likeness (QED) is 0.356. The highest BCUT2D eigenvalue weighted by molar-refractivity contribution is 7.99. The number of Topliss-reactive ketones (excluding diaryl/α,β-unsaturated/α-hetero) is 2. The molecule has 0 amide bonds. The molecular weight excluding hydrogens is 356 g/mol. The van der Waals surface area contributed by atoms with Crippen molar-refractivity contribution >= 4 is 22.5 Å². The van der Waals surface area contributed by atoms with Gasteiger partial charge < -0.3 is 4.74 Å². The van der Waals surface area contributed by atoms with E-state index in [1.165, 1.54) is 0 Å². The summed E-state index contributed by atoms with van der Waals surface area (Å²) in [4.78, 5) is 28.2. The van der Waals surface area contributed by atoms with Crippen LogP contribution in [0, 0.1) is 0 Å². The molecule has 0 aliphatic carbocycles. The van der Waals surface area contributed by atoms with E-state index in [-0.39, 0.29) is 11.6 Å². The van der Waals surface area contributed by atoms with Crippen LogP contribution in [0.15, 0.2) is 88.7 Å². The number of benzene rings is 3. The molecule has 1 atom stereocenters. The number of para-hydroxylation sites is 2. The second-order valence-electron chi connectivity index (χ2n) is 6.26. The summed E-state index contributed by atoms with van der Waals surface area (Å²) in [6.07, 6.45) is 0.317. The fourth-order valence-electron chi connectivity index (χ4n) is 3.25. The number of carbonyl (C=O) groups is 2. The normalized spacial score (nSPS) is 13.8. The van der Waals surface area contributed by atoms with Gasteiger partial charge in [0.05, 0.1) is 10.9 Å². The first-order chi connectivity index (χ1) is 13.2. The summed E-state index contributed by atoms with van der Waals surface area (Å²) in [5, 5.41) is -0.747. The predicted octanol–water partition coefficient (Wildman–Crippen LogP) is 5.06. The predicted molar refractivity (Wildman–Crippen MR) is 107 cm³/mol. The number of hydrogen-bond donors (Lipinski definition) is 0. The topological polar surface area (TPSA) is 43.4 Å². The lowest BCUT2D eigenvalue weighted by atomic mass is 10.0. The standard InChI is InChI=1S/C23H19O3S/c1-2-17(24)23(22(25)16-10-4-3-5-11-16)27-20-14-8-6-12-18(20)26-19-13-7-9-15-21(19)27/h3-15,23H,2H2,1H3/q+1. The highest BCUT2D eigenvalue weighted by Crippen LogP contribution is 2.46. The van der Waals surface area contributed by atoms with Crippen LogP contribution in [-0.2, 0) is 15.7 Å². The third-order valence-electron chi connectivity index (χ3n) is 4.57. The number of ketones is 2. The molecule has 3 aromatic rings. The van der Waals surface area contributed by atoms with Gasteiger partial charge in [-0.25, -0.2) is 0 Å². The van der Waals surface area contributed by atoms with Crippen molar-refractivity contribution in [3.8, 4) is 11.5 Å². The molecule has 1 heterocycles. The Labute approximate surface area is 161 Å². The molecule has 0 radical (unpaired) electrons. The van der Waals surface area contributed by atoms with Gasteiger partial charge in [-0.05, 0) is 24.3 Å². The lowest BCUT2D eigenvalue weighted by Crippen LogP contribution is -2.39. The van der Waals surface area contributed by atoms with Crippen molar-refractivity contribution in [1.29, 1.82) is 0 Å². The molecule has 1 unspecified atom stereocenters. The van der Waals surface area contributed by atoms with E-state index in [4.69, 9.17) is 4.74 Å². The molecule has 1 aliphatic rings. The summed E-state index contributed by atoms with van der Waals surface area (Å²) in [6, 6.07) is 24.5. The van der Waals surface area contributed by atoms with Crippen LogP contribution in [0.1, 0.15) is 23.7 Å². The van der Waals surface area contributed by atoms with Gasteiger partial charge >= 0.3 is 0 Å². The first-order valence-electron chi connectivity index (χ1n) is 8.91. The zero-order valence-electron chi connectivity index (χ0n) is 14.9. The van der Waals surface area contributed by atoms with Gasteiger partial charge in [0.1, 0.15) is 0 Å². The zero-order valence-corrected chi connectivity index (χ0v) is 15.7. The maximum absolute atomic E-state index is 13.4. The average Bonchev–Trinajstić information content (AvgIpc) is 2.73. The number of rotatable bonds is 5. The second-order valence-corrected chi connectivity index (χ2v) is 8.29. The largest absolute Gasteiger partial charge is 0.447 e. The zero-order chi connectivity index (χ0) is 18.8. The Morgan fingerprint density at radius 1 is 0.815 bits per heavy atom. The summed E-state index contributed by atoms with van der Waals surface area (Å²) in [7, 11) is -0.717. The Morgan fingerprint density at radius 2 is 1.33 bits per heavy atom. The van der Waals surface area contributed by atoms with E-state index < -0.39 is 16.1 Å². The summed E-state index contributed by atoms with van der Waals surface area (Å²) in [6.45, 7) is 1.81. The number of fused-ring (bicyclic) bond motifs is 2. The Hall–Kier alpha value is -2.85. The van der Waals surface area contributed by atoms with Gasteiger partial charge in [-0.1, -0.05) is 61.5 Å². The maximum atomic E-state index is 13.4. The second kappa shape index (κ2) is 7.41. The van der Waals surface area contributed by atoms with Gasteiger partial charge in [-0.3, -0.25) is 9.59 Å². The van der Waals surface area contributed by atoms with E-state index in [0.717, 1.165) is 9.79 Å². The van der Waals surface area contributed by atoms with Crippen LogP contribution in [0.25, 0.3) is 0 Å². The molecule has 134 valence electrons. The molecule has 4 heteroatoms. The summed E-state index contributed by atoms with van der Waals surface area (Å²) < 4.78 is 6.04. The van der Waals surface area contributed by atoms with Crippen LogP contribution in [-0.4, -0.2) is 16.8 Å². The van der Waals surface area contributed by atoms with Crippen molar-refractivity contribution in [2.45, 2.75) is 28.4 Å². The Bertz CT molecular complexity index is 952. The molecule has 0 fully saturated rings. The van der Waals surface area contributed by atoms with E-state index in [0.29, 0.717) is 23.5 Å². The summed E-state index contributed by atoms with van der Waals surface area (Å²) in [5.41, 5.74) is 0.568. The van der Waals surface area contributed by atoms with Crippen LogP contribution >= 0.6 is 0 Å². The monoisotopic (exact) mass is 375 g/mol. The Balaban J connectivity index is 1.90. The minimum absolute atomic E-state index is 0.0429. The molecule has 0 spiro atoms. The molecular formula is C23H19O3S+. The minimum atomic E-state index is -0.747. The van der Waals surface area contributed by atoms with Crippen molar-refractivity contribution in [3.63, 3.8) is 0 Å². The van der Waals surface area contributed by atoms with Gasteiger partial charge in [0.15, 0.2) is 17.3 Å². The molecule has 0 saturated heterocycles. The number of hydrogen-bond acceptors (Lipinski definition) is 3. The van der Waals surface area contributed by atoms with Crippen LogP contribution in [0.3, 0.4) is 0 Å². The molecule has 0 saturated carbocycles. The molecule has 27 heavy (non-hydrogen) atoms. The van der Waals surface area contributed by atoms with Crippen LogP contribution in [0.5, 0.6) is 11.5 Å². The van der Waals surface area contributed by atoms with Crippen LogP contribution in [0.2, 0.25) is 0 Å². The highest BCUT2D eigenvalue weighted by atomic mass is 32.2. The van der Waals surface area contributed by atoms with Gasteiger partial charge in [0, 0.05) is 12.0 Å². The van der Waals surface area contributed by atoms with E-state index in [9.17, 15) is 9.59 Å². The van der Waals surface area contributed by atoms with E-state index in [1.54, 1.807) is 12.1 Å². The number of carbonyl (C=O) groups excluding carboxylic acids is 2. The van der Waals surface area contributed by atoms with E-state index in [1.807, 2.05) is 73.7 Å². The van der Waals surface area contributed by atoms with E-state index in [2.05, 4.69) is 0 Å². The van der Waals surface area contributed by atoms with Crippen LogP contribution in [0.4, 0.5) is 0 Å². The third-order valence-corrected chi connectivity index (χ3v) is 7.14. The molecule has 4 rings (SSSR count). The van der Waals surface area contributed by atoms with Crippen molar-refractivity contribution in [3.05, 3.63) is 84.4 Å². The average molecular weight is 375 g/mol. The maximum Gasteiger partial charge on any atom is 0.248 e. The molecule has 0 N–H and O–H groups in total. The van der Waals surface area contributed by atoms with Crippen molar-refractivity contribution in [2.24, 2.45) is 0 Å². The minimum Gasteiger partial charge on any atom is -0.447 e. The van der Waals surface area contributed by atoms with Crippen molar-refractivity contribution in [1.82, 2.24) is 0 Å². The molecule has 0 bridgehead atoms. The molecule has 3 aromatic carbocycles. The summed E-state index contributed by atoms with van der Waals surface area (Å²) in [5.74, 6) is 1.26. The fourth-order valence-corrected chi connectivity index (χ4v) is 5.87. The van der Waals surface area contributed by atoms with E-state index >= 15 is 0 Å². The van der Waals surface area contributed by atoms with Gasteiger partial charge in [0.25, 0.3) is 0 Å². The molecule has 0 aromatic heterocycles. The van der Waals surface area contributed by atoms with Gasteiger partial charge in [0.2, 0.25) is 20.8 Å². The molecule has 1 aliphatic heterocycles. The van der Waals surface area contributed by atoms with Crippen molar-refractivity contribution in [2.75, 3.05) is 0 Å². The fraction of sp³-hybridized carbons (Fsp3) is 0.130. The SMILES string of the molecule is CCC(=O)C(C(=O)c1ccccc1)[S+]1c2ccccc2Oc2ccccc21. The van der Waals surface area contributed by atoms with Gasteiger partial charge in [-0.15, -0.1) is 0 Å². The van der Waals surface area contributed by atoms with Gasteiger partial charge in [-0.2, -0.15) is 0 Å². The number of ether oxygens (including phenoxy) is 1. The molecule has 3 nitrogen and oxygen atoms in total. The lowest BCUT2D eigenvalue weighted by molar-refractivity contribution is -0.117. The summed E-state index contributed by atoms with van der Waals surface area (Å²) >= 11 is 0. The first-order valence-corrected chi connectivity index (χ1v) is 10.2. The smallest absolute Gasteiger partial charge is 0.248 e. The van der Waals surface area contributed by atoms with Crippen LogP contribution < -0.4 is 4.74 Å². The third kappa shape index (κ3) is 3.17.